The molecule has 21 atom stereocenters. The average Bonchev–Trinajstić information content (AvgIpc) is 3.56. The number of allylic oxidation sites excluding steroid dienone is 1. The van der Waals surface area contributed by atoms with Crippen molar-refractivity contribution in [1.82, 2.24) is 0 Å². The van der Waals surface area contributed by atoms with Crippen LogP contribution in [0.3, 0.4) is 0 Å². The van der Waals surface area contributed by atoms with Gasteiger partial charge >= 0.3 is 0 Å². The lowest BCUT2D eigenvalue weighted by molar-refractivity contribution is -0.360. The first-order valence-corrected chi connectivity index (χ1v) is 19.9. The van der Waals surface area contributed by atoms with Crippen LogP contribution in [0.25, 0.3) is 0 Å². The Morgan fingerprint density at radius 3 is 2.27 bits per heavy atom. The zero-order valence-corrected chi connectivity index (χ0v) is 31.3. The molecule has 0 amide bonds. The lowest BCUT2D eigenvalue weighted by Crippen LogP contribution is -2.64. The quantitative estimate of drug-likeness (QED) is 0.201. The number of aliphatic hydroxyl groups is 7. The van der Waals surface area contributed by atoms with Crippen molar-refractivity contribution >= 4 is 0 Å². The van der Waals surface area contributed by atoms with Gasteiger partial charge in [-0.15, -0.1) is 0 Å². The van der Waals surface area contributed by atoms with E-state index in [-0.39, 0.29) is 29.0 Å². The van der Waals surface area contributed by atoms with Gasteiger partial charge in [-0.05, 0) is 99.7 Å². The van der Waals surface area contributed by atoms with Crippen molar-refractivity contribution in [2.75, 3.05) is 13.2 Å². The van der Waals surface area contributed by atoms with Crippen LogP contribution in [0.4, 0.5) is 0 Å². The molecule has 4 saturated heterocycles. The Kier molecular flexibility index (Phi) is 9.83. The topological polar surface area (TPSA) is 197 Å². The van der Waals surface area contributed by atoms with Crippen molar-refractivity contribution in [3.05, 3.63) is 11.6 Å². The summed E-state index contributed by atoms with van der Waals surface area (Å²) in [6.45, 7) is 10.4. The minimum atomic E-state index is -1.62. The zero-order chi connectivity index (χ0) is 37.1. The first kappa shape index (κ1) is 38.1. The van der Waals surface area contributed by atoms with Crippen LogP contribution < -0.4 is 0 Å². The third-order valence-corrected chi connectivity index (χ3v) is 15.6. The van der Waals surface area contributed by atoms with Crippen LogP contribution >= 0.6 is 0 Å². The predicted molar refractivity (Wildman–Crippen MR) is 183 cm³/mol. The van der Waals surface area contributed by atoms with E-state index >= 15 is 0 Å². The Labute approximate surface area is 306 Å². The predicted octanol–water partition coefficient (Wildman–Crippen LogP) is 1.50. The average molecular weight is 739 g/mol. The fraction of sp³-hybridized carbons (Fsp3) is 0.949. The lowest BCUT2D eigenvalue weighted by atomic mass is 9.47. The van der Waals surface area contributed by atoms with Gasteiger partial charge in [0.2, 0.25) is 0 Å². The molecule has 4 aliphatic heterocycles. The second-order valence-corrected chi connectivity index (χ2v) is 18.6. The molecule has 8 aliphatic rings. The van der Waals surface area contributed by atoms with E-state index in [2.05, 4.69) is 26.8 Å². The van der Waals surface area contributed by atoms with Crippen molar-refractivity contribution in [3.63, 3.8) is 0 Å². The van der Waals surface area contributed by atoms with Gasteiger partial charge in [0.25, 0.3) is 0 Å². The van der Waals surface area contributed by atoms with Gasteiger partial charge in [-0.25, -0.2) is 0 Å². The number of ether oxygens (including phenoxy) is 6. The van der Waals surface area contributed by atoms with Gasteiger partial charge in [0, 0.05) is 12.3 Å². The summed E-state index contributed by atoms with van der Waals surface area (Å²) in [5, 5.41) is 73.7. The van der Waals surface area contributed by atoms with Crippen molar-refractivity contribution in [2.24, 2.45) is 40.4 Å². The van der Waals surface area contributed by atoms with E-state index in [1.54, 1.807) is 0 Å². The van der Waals surface area contributed by atoms with Crippen molar-refractivity contribution in [3.8, 4) is 0 Å². The summed E-state index contributed by atoms with van der Waals surface area (Å²) in [6.07, 6.45) is -2.80. The van der Waals surface area contributed by atoms with E-state index in [0.717, 1.165) is 38.5 Å². The third kappa shape index (κ3) is 5.90. The standard InChI is InChI=1S/C39H62O13/c1-18-27-25(52-39(18)13-12-36(3,46)17-47-39)15-24-22-7-6-20-14-21(8-10-37(20,4)23(22)9-11-38(24,27)5)49-35-32(45)30(43)33(26(16-40)50-35)51-34-31(44)29(42)28(41)19(2)48-34/h6,18-19,21-35,40-46H,7-17H2,1-5H3. The highest BCUT2D eigenvalue weighted by Crippen LogP contribution is 2.70. The van der Waals surface area contributed by atoms with Gasteiger partial charge in [0.05, 0.1) is 37.1 Å². The van der Waals surface area contributed by atoms with E-state index < -0.39 is 79.4 Å². The molecule has 3 saturated carbocycles. The molecule has 4 aliphatic carbocycles. The van der Waals surface area contributed by atoms with E-state index in [4.69, 9.17) is 28.4 Å². The fourth-order valence-corrected chi connectivity index (χ4v) is 12.5. The van der Waals surface area contributed by atoms with E-state index in [9.17, 15) is 35.7 Å². The second kappa shape index (κ2) is 13.4. The van der Waals surface area contributed by atoms with Crippen LogP contribution in [0.5, 0.6) is 0 Å². The smallest absolute Gasteiger partial charge is 0.187 e. The second-order valence-electron chi connectivity index (χ2n) is 18.6. The van der Waals surface area contributed by atoms with Crippen molar-refractivity contribution in [2.45, 2.75) is 177 Å². The molecule has 0 aromatic carbocycles. The molecule has 0 bridgehead atoms. The third-order valence-electron chi connectivity index (χ3n) is 15.6. The number of rotatable bonds is 5. The van der Waals surface area contributed by atoms with E-state index in [1.165, 1.54) is 18.9 Å². The van der Waals surface area contributed by atoms with Crippen molar-refractivity contribution < 1.29 is 64.2 Å². The maximum Gasteiger partial charge on any atom is 0.187 e. The molecule has 296 valence electrons. The summed E-state index contributed by atoms with van der Waals surface area (Å²) < 4.78 is 36.9. The Morgan fingerprint density at radius 2 is 1.56 bits per heavy atom. The molecule has 1 spiro atoms. The Bertz CT molecular complexity index is 1350. The molecular weight excluding hydrogens is 676 g/mol. The Morgan fingerprint density at radius 1 is 0.827 bits per heavy atom. The Balaban J connectivity index is 0.913. The van der Waals surface area contributed by atoms with Crippen LogP contribution in [0.1, 0.15) is 92.4 Å². The molecule has 8 rings (SSSR count). The summed E-state index contributed by atoms with van der Waals surface area (Å²) in [6, 6.07) is 0. The molecule has 7 N–H and O–H groups in total. The van der Waals surface area contributed by atoms with Crippen LogP contribution in [0, 0.1) is 40.4 Å². The lowest BCUT2D eigenvalue weighted by Gasteiger charge is -2.58. The molecule has 0 aromatic rings. The molecule has 13 heteroatoms. The molecule has 0 radical (unpaired) electrons. The summed E-state index contributed by atoms with van der Waals surface area (Å²) in [5.41, 5.74) is 0.823. The molecular formula is C39H62O13. The van der Waals surface area contributed by atoms with Gasteiger partial charge in [-0.1, -0.05) is 32.4 Å². The minimum Gasteiger partial charge on any atom is -0.394 e. The summed E-state index contributed by atoms with van der Waals surface area (Å²) >= 11 is 0. The highest BCUT2D eigenvalue weighted by molar-refractivity contribution is 5.26. The highest BCUT2D eigenvalue weighted by atomic mass is 16.7. The summed E-state index contributed by atoms with van der Waals surface area (Å²) in [5.74, 6) is 1.85. The van der Waals surface area contributed by atoms with E-state index in [1.807, 2.05) is 6.92 Å². The number of fused-ring (bicyclic) bond motifs is 7. The molecule has 4 heterocycles. The van der Waals surface area contributed by atoms with Crippen LogP contribution in [-0.2, 0) is 28.4 Å². The first-order valence-electron chi connectivity index (χ1n) is 19.9. The highest BCUT2D eigenvalue weighted by Gasteiger charge is 2.69. The van der Waals surface area contributed by atoms with Gasteiger partial charge in [-0.3, -0.25) is 0 Å². The molecule has 21 unspecified atom stereocenters. The van der Waals surface area contributed by atoms with Gasteiger partial charge in [0.15, 0.2) is 18.4 Å². The van der Waals surface area contributed by atoms with Gasteiger partial charge < -0.3 is 64.2 Å². The first-order chi connectivity index (χ1) is 24.5. The van der Waals surface area contributed by atoms with Crippen LogP contribution in [0.2, 0.25) is 0 Å². The van der Waals surface area contributed by atoms with Gasteiger partial charge in [-0.2, -0.15) is 0 Å². The zero-order valence-electron chi connectivity index (χ0n) is 31.3. The number of aliphatic hydroxyl groups excluding tert-OH is 6. The van der Waals surface area contributed by atoms with E-state index in [0.29, 0.717) is 43.1 Å². The van der Waals surface area contributed by atoms with Crippen molar-refractivity contribution in [1.29, 1.82) is 0 Å². The SMILES string of the molecule is CC1OC(OC2C(CO)OC(OC3CCC4(C)C(=CCC5C4CCC4(C)C5CC5OC6(CCC(C)(O)CO6)C(C)C54)C3)C(O)C2O)C(O)C(O)C1O. The molecule has 7 fully saturated rings. The van der Waals surface area contributed by atoms with Crippen LogP contribution in [-0.4, -0.2) is 134 Å². The summed E-state index contributed by atoms with van der Waals surface area (Å²) in [4.78, 5) is 0. The van der Waals surface area contributed by atoms with Crippen LogP contribution in [0.15, 0.2) is 11.6 Å². The Hall–Kier alpha value is -0.780. The molecule has 13 nitrogen and oxygen atoms in total. The summed E-state index contributed by atoms with van der Waals surface area (Å²) in [7, 11) is 0. The minimum absolute atomic E-state index is 0.0435. The fourth-order valence-electron chi connectivity index (χ4n) is 12.5. The molecule has 0 aromatic heterocycles. The maximum absolute atomic E-state index is 11.1. The normalized spacial score (nSPS) is 58.9. The van der Waals surface area contributed by atoms with Gasteiger partial charge in [0.1, 0.15) is 42.7 Å². The monoisotopic (exact) mass is 738 g/mol. The number of hydrogen-bond donors (Lipinski definition) is 7. The largest absolute Gasteiger partial charge is 0.394 e. The molecule has 52 heavy (non-hydrogen) atoms. The maximum atomic E-state index is 11.1. The number of hydrogen-bond acceptors (Lipinski definition) is 13.